The molecule has 2 aromatic rings. The Kier molecular flexibility index (Phi) is 6.01. The number of hydrogen-bond acceptors (Lipinski definition) is 7. The van der Waals surface area contributed by atoms with Crippen LogP contribution in [0.4, 0.5) is 0 Å². The van der Waals surface area contributed by atoms with Gasteiger partial charge in [0, 0.05) is 38.6 Å². The average molecular weight is 403 g/mol. The largest absolute Gasteiger partial charge is 0.379 e. The number of amides is 1. The molecule has 2 saturated heterocycles. The second-order valence-corrected chi connectivity index (χ2v) is 8.40. The average Bonchev–Trinajstić information content (AvgIpc) is 3.06. The number of nitrogens with zero attached hydrogens (tertiary/aromatic N) is 4. The Bertz CT molecular complexity index is 807. The third-order valence-corrected chi connectivity index (χ3v) is 6.34. The summed E-state index contributed by atoms with van der Waals surface area (Å²) in [5, 5.41) is 0.914. The van der Waals surface area contributed by atoms with Crippen LogP contribution in [0.15, 0.2) is 24.5 Å². The molecule has 0 spiro atoms. The molecular weight excluding hydrogens is 376 g/mol. The van der Waals surface area contributed by atoms with Crippen molar-refractivity contribution in [1.82, 2.24) is 19.8 Å². The third-order valence-electron chi connectivity index (χ3n) is 5.28. The van der Waals surface area contributed by atoms with Gasteiger partial charge in [-0.2, -0.15) is 0 Å². The maximum absolute atomic E-state index is 13.4. The smallest absolute Gasteiger partial charge is 0.266 e. The Morgan fingerprint density at radius 1 is 1.25 bits per heavy atom. The number of hydrogen-bond donors (Lipinski definition) is 0. The van der Waals surface area contributed by atoms with Gasteiger partial charge in [0.2, 0.25) is 0 Å². The maximum Gasteiger partial charge on any atom is 0.266 e. The van der Waals surface area contributed by atoms with Gasteiger partial charge in [0.1, 0.15) is 4.88 Å². The van der Waals surface area contributed by atoms with Gasteiger partial charge in [-0.15, -0.1) is 11.3 Å². The minimum atomic E-state index is -0.167. The zero-order valence-electron chi connectivity index (χ0n) is 16.3. The molecule has 8 heteroatoms. The van der Waals surface area contributed by atoms with Crippen molar-refractivity contribution in [3.63, 3.8) is 0 Å². The number of pyridine rings is 1. The third kappa shape index (κ3) is 4.10. The number of carbonyl (C=O) groups is 1. The fourth-order valence-corrected chi connectivity index (χ4v) is 4.83. The molecule has 4 rings (SSSR count). The summed E-state index contributed by atoms with van der Waals surface area (Å²) in [7, 11) is 0. The minimum Gasteiger partial charge on any atom is -0.379 e. The fourth-order valence-electron chi connectivity index (χ4n) is 3.96. The second-order valence-electron chi connectivity index (χ2n) is 7.20. The zero-order chi connectivity index (χ0) is 19.5. The zero-order valence-corrected chi connectivity index (χ0v) is 17.2. The van der Waals surface area contributed by atoms with Gasteiger partial charge in [0.05, 0.1) is 42.7 Å². The first kappa shape index (κ1) is 19.4. The second kappa shape index (κ2) is 8.65. The summed E-state index contributed by atoms with van der Waals surface area (Å²) in [6, 6.07) is 3.78. The molecule has 0 aromatic carbocycles. The number of rotatable bonds is 4. The van der Waals surface area contributed by atoms with E-state index >= 15 is 0 Å². The monoisotopic (exact) mass is 402 g/mol. The van der Waals surface area contributed by atoms with E-state index in [1.54, 1.807) is 6.20 Å². The van der Waals surface area contributed by atoms with Crippen molar-refractivity contribution in [3.05, 3.63) is 45.7 Å². The molecule has 2 aromatic heterocycles. The van der Waals surface area contributed by atoms with Crippen LogP contribution in [0.2, 0.25) is 0 Å². The summed E-state index contributed by atoms with van der Waals surface area (Å²) >= 11 is 1.46. The number of carbonyl (C=O) groups excluding carboxylic acids is 1. The molecule has 28 heavy (non-hydrogen) atoms. The Morgan fingerprint density at radius 3 is 2.75 bits per heavy atom. The SMILES string of the molecule is Cc1nc(C)c(C(=O)N2CCO[C@@H](CN3CCOCC3)[C@@H]2c2cccnc2)s1. The molecule has 4 heterocycles. The lowest BCUT2D eigenvalue weighted by Crippen LogP contribution is -2.53. The van der Waals surface area contributed by atoms with Crippen LogP contribution in [0.25, 0.3) is 0 Å². The molecule has 150 valence electrons. The summed E-state index contributed by atoms with van der Waals surface area (Å²) in [5.74, 6) is 0.0345. The lowest BCUT2D eigenvalue weighted by molar-refractivity contribution is -0.0818. The molecule has 0 saturated carbocycles. The highest BCUT2D eigenvalue weighted by molar-refractivity contribution is 7.13. The Hall–Kier alpha value is -1.87. The van der Waals surface area contributed by atoms with E-state index in [1.807, 2.05) is 37.1 Å². The van der Waals surface area contributed by atoms with E-state index in [2.05, 4.69) is 14.9 Å². The number of ether oxygens (including phenoxy) is 2. The molecule has 0 unspecified atom stereocenters. The van der Waals surface area contributed by atoms with Crippen LogP contribution in [-0.4, -0.2) is 77.8 Å². The highest BCUT2D eigenvalue weighted by atomic mass is 32.1. The van der Waals surface area contributed by atoms with Gasteiger partial charge in [-0.05, 0) is 25.5 Å². The van der Waals surface area contributed by atoms with Crippen molar-refractivity contribution in [3.8, 4) is 0 Å². The van der Waals surface area contributed by atoms with Crippen LogP contribution in [0.5, 0.6) is 0 Å². The van der Waals surface area contributed by atoms with Crippen molar-refractivity contribution >= 4 is 17.2 Å². The maximum atomic E-state index is 13.4. The molecule has 0 aliphatic carbocycles. The van der Waals surface area contributed by atoms with E-state index in [-0.39, 0.29) is 18.1 Å². The van der Waals surface area contributed by atoms with E-state index in [0.29, 0.717) is 13.2 Å². The first-order valence-electron chi connectivity index (χ1n) is 9.70. The normalized spacial score (nSPS) is 23.7. The van der Waals surface area contributed by atoms with Crippen molar-refractivity contribution in [1.29, 1.82) is 0 Å². The van der Waals surface area contributed by atoms with E-state index in [0.717, 1.165) is 54.0 Å². The molecule has 2 fully saturated rings. The summed E-state index contributed by atoms with van der Waals surface area (Å²) in [4.78, 5) is 27.2. The molecule has 0 radical (unpaired) electrons. The quantitative estimate of drug-likeness (QED) is 0.780. The first-order valence-corrected chi connectivity index (χ1v) is 10.5. The number of aromatic nitrogens is 2. The van der Waals surface area contributed by atoms with Gasteiger partial charge in [-0.1, -0.05) is 6.07 Å². The lowest BCUT2D eigenvalue weighted by atomic mass is 9.98. The molecule has 2 aliphatic heterocycles. The minimum absolute atomic E-state index is 0.0345. The Morgan fingerprint density at radius 2 is 2.07 bits per heavy atom. The highest BCUT2D eigenvalue weighted by Crippen LogP contribution is 2.33. The summed E-state index contributed by atoms with van der Waals surface area (Å²) in [6.07, 6.45) is 3.50. The topological polar surface area (TPSA) is 67.8 Å². The number of thiazole rings is 1. The van der Waals surface area contributed by atoms with Gasteiger partial charge >= 0.3 is 0 Å². The van der Waals surface area contributed by atoms with Crippen molar-refractivity contribution in [2.45, 2.75) is 26.0 Å². The van der Waals surface area contributed by atoms with Crippen LogP contribution < -0.4 is 0 Å². The van der Waals surface area contributed by atoms with Crippen LogP contribution in [0, 0.1) is 13.8 Å². The molecule has 2 aliphatic rings. The van der Waals surface area contributed by atoms with Crippen LogP contribution in [0.1, 0.15) is 32.0 Å². The van der Waals surface area contributed by atoms with Gasteiger partial charge < -0.3 is 14.4 Å². The van der Waals surface area contributed by atoms with E-state index in [1.165, 1.54) is 11.3 Å². The molecule has 0 N–H and O–H groups in total. The van der Waals surface area contributed by atoms with Crippen molar-refractivity contribution < 1.29 is 14.3 Å². The lowest BCUT2D eigenvalue weighted by Gasteiger charge is -2.43. The molecule has 2 atom stereocenters. The highest BCUT2D eigenvalue weighted by Gasteiger charge is 2.38. The van der Waals surface area contributed by atoms with Gasteiger partial charge in [0.25, 0.3) is 5.91 Å². The van der Waals surface area contributed by atoms with E-state index in [4.69, 9.17) is 9.47 Å². The summed E-state index contributed by atoms with van der Waals surface area (Å²) in [5.41, 5.74) is 1.81. The van der Waals surface area contributed by atoms with Gasteiger partial charge in [0.15, 0.2) is 0 Å². The molecular formula is C20H26N4O3S. The predicted octanol–water partition coefficient (Wildman–Crippen LogP) is 2.07. The van der Waals surface area contributed by atoms with Crippen molar-refractivity contribution in [2.24, 2.45) is 0 Å². The van der Waals surface area contributed by atoms with Crippen LogP contribution >= 0.6 is 11.3 Å². The molecule has 0 bridgehead atoms. The summed E-state index contributed by atoms with van der Waals surface area (Å²) in [6.45, 7) is 8.98. The molecule has 7 nitrogen and oxygen atoms in total. The predicted molar refractivity (Wildman–Crippen MR) is 107 cm³/mol. The van der Waals surface area contributed by atoms with Gasteiger partial charge in [-0.25, -0.2) is 4.98 Å². The van der Waals surface area contributed by atoms with Crippen LogP contribution in [0.3, 0.4) is 0 Å². The fraction of sp³-hybridized carbons (Fsp3) is 0.550. The standard InChI is InChI=1S/C20H26N4O3S/c1-14-19(28-15(2)22-14)20(25)24-8-11-27-17(13-23-6-9-26-10-7-23)18(24)16-4-3-5-21-12-16/h3-5,12,17-18H,6-11,13H2,1-2H3/t17-,18-/m0/s1. The first-order chi connectivity index (χ1) is 13.6. The van der Waals surface area contributed by atoms with E-state index in [9.17, 15) is 4.79 Å². The number of morpholine rings is 2. The van der Waals surface area contributed by atoms with Crippen molar-refractivity contribution in [2.75, 3.05) is 46.0 Å². The Balaban J connectivity index is 1.63. The molecule has 1 amide bonds. The van der Waals surface area contributed by atoms with Gasteiger partial charge in [-0.3, -0.25) is 14.7 Å². The Labute approximate surface area is 169 Å². The van der Waals surface area contributed by atoms with E-state index < -0.39 is 0 Å². The van der Waals surface area contributed by atoms with Crippen LogP contribution in [-0.2, 0) is 9.47 Å². The number of aryl methyl sites for hydroxylation is 2. The summed E-state index contributed by atoms with van der Waals surface area (Å²) < 4.78 is 11.7.